The Balaban J connectivity index is 2.12. The van der Waals surface area contributed by atoms with E-state index in [9.17, 15) is 0 Å². The monoisotopic (exact) mass is 354 g/mol. The summed E-state index contributed by atoms with van der Waals surface area (Å²) in [6, 6.07) is 8.57. The molecule has 0 bridgehead atoms. The van der Waals surface area contributed by atoms with Crippen molar-refractivity contribution in [2.24, 2.45) is 10.8 Å². The Morgan fingerprint density at radius 3 is 2.26 bits per heavy atom. The molecule has 0 radical (unpaired) electrons. The topological polar surface area (TPSA) is 0 Å². The Morgan fingerprint density at radius 1 is 1.04 bits per heavy atom. The predicted octanol–water partition coefficient (Wildman–Crippen LogP) is 5.93. The second-order valence-corrected chi connectivity index (χ2v) is 8.83. The Labute approximate surface area is 163 Å². The number of fused-ring (bicyclic) bond motifs is 3. The zero-order valence-corrected chi connectivity index (χ0v) is 17.4. The molecule has 2 aromatic carbocycles. The van der Waals surface area contributed by atoms with Crippen molar-refractivity contribution in [1.29, 1.82) is 0 Å². The summed E-state index contributed by atoms with van der Waals surface area (Å²) >= 11 is 0. The second-order valence-electron chi connectivity index (χ2n) is 8.83. The molecule has 1 atom stereocenters. The average Bonchev–Trinajstić information content (AvgIpc) is 2.81. The van der Waals surface area contributed by atoms with E-state index in [2.05, 4.69) is 90.3 Å². The van der Waals surface area contributed by atoms with Crippen LogP contribution in [-0.4, -0.2) is 0 Å². The summed E-state index contributed by atoms with van der Waals surface area (Å²) in [6.45, 7) is 20.7. The summed E-state index contributed by atoms with van der Waals surface area (Å²) in [5.74, 6) is 0. The van der Waals surface area contributed by atoms with Crippen LogP contribution in [0.25, 0.3) is 30.0 Å². The zero-order chi connectivity index (χ0) is 19.6. The molecule has 0 heterocycles. The molecule has 0 nitrogen and oxygen atoms in total. The number of hydrogen-bond acceptors (Lipinski definition) is 0. The first-order valence-corrected chi connectivity index (χ1v) is 10.1. The van der Waals surface area contributed by atoms with Crippen LogP contribution in [0.3, 0.4) is 0 Å². The maximum Gasteiger partial charge on any atom is 0.00602 e. The Bertz CT molecular complexity index is 1150. The van der Waals surface area contributed by atoms with Gasteiger partial charge in [-0.1, -0.05) is 82.8 Å². The van der Waals surface area contributed by atoms with E-state index < -0.39 is 0 Å². The SMILES string of the molecule is C=c1c2c(c(=C)c3ccccc13)CC1(C)C(=C2)C(/C=C\C)=C(CC)C1(C)C. The molecule has 0 heteroatoms. The lowest BCUT2D eigenvalue weighted by molar-refractivity contribution is 0.190. The van der Waals surface area contributed by atoms with Gasteiger partial charge in [0.05, 0.1) is 0 Å². The number of benzene rings is 2. The van der Waals surface area contributed by atoms with Gasteiger partial charge in [-0.2, -0.15) is 0 Å². The third-order valence-corrected chi connectivity index (χ3v) is 7.44. The average molecular weight is 355 g/mol. The van der Waals surface area contributed by atoms with Gasteiger partial charge in [0, 0.05) is 5.41 Å². The van der Waals surface area contributed by atoms with E-state index in [1.54, 1.807) is 5.57 Å². The van der Waals surface area contributed by atoms with Crippen molar-refractivity contribution in [2.75, 3.05) is 0 Å². The highest BCUT2D eigenvalue weighted by molar-refractivity contribution is 5.89. The van der Waals surface area contributed by atoms with E-state index in [1.807, 2.05) is 0 Å². The highest BCUT2D eigenvalue weighted by Gasteiger charge is 2.53. The van der Waals surface area contributed by atoms with Gasteiger partial charge in [-0.05, 0) is 74.7 Å². The van der Waals surface area contributed by atoms with E-state index >= 15 is 0 Å². The van der Waals surface area contributed by atoms with Gasteiger partial charge >= 0.3 is 0 Å². The van der Waals surface area contributed by atoms with Crippen molar-refractivity contribution in [3.63, 3.8) is 0 Å². The fourth-order valence-electron chi connectivity index (χ4n) is 5.54. The highest BCUT2D eigenvalue weighted by atomic mass is 14.6. The van der Waals surface area contributed by atoms with E-state index in [1.165, 1.54) is 38.3 Å². The largest absolute Gasteiger partial charge is 0.0908 e. The molecule has 0 N–H and O–H groups in total. The molecule has 4 rings (SSSR count). The molecule has 2 aliphatic rings. The summed E-state index contributed by atoms with van der Waals surface area (Å²) in [7, 11) is 0. The van der Waals surface area contributed by atoms with E-state index in [-0.39, 0.29) is 10.8 Å². The number of hydrogen-bond donors (Lipinski definition) is 0. The molecule has 0 aliphatic heterocycles. The molecular formula is C27H30. The van der Waals surface area contributed by atoms with Gasteiger partial charge in [0.15, 0.2) is 0 Å². The zero-order valence-electron chi connectivity index (χ0n) is 17.4. The summed E-state index contributed by atoms with van der Waals surface area (Å²) in [5, 5.41) is 4.80. The minimum absolute atomic E-state index is 0.0848. The smallest absolute Gasteiger partial charge is 0.00602 e. The van der Waals surface area contributed by atoms with Gasteiger partial charge in [-0.3, -0.25) is 0 Å². The highest BCUT2D eigenvalue weighted by Crippen LogP contribution is 2.62. The summed E-state index contributed by atoms with van der Waals surface area (Å²) in [6.07, 6.45) is 9.05. The van der Waals surface area contributed by atoms with Gasteiger partial charge in [0.25, 0.3) is 0 Å². The molecule has 138 valence electrons. The van der Waals surface area contributed by atoms with Gasteiger partial charge in [0.1, 0.15) is 0 Å². The van der Waals surface area contributed by atoms with E-state index in [0.717, 1.165) is 18.1 Å². The molecule has 2 aliphatic carbocycles. The van der Waals surface area contributed by atoms with Gasteiger partial charge in [0.2, 0.25) is 0 Å². The Morgan fingerprint density at radius 2 is 1.67 bits per heavy atom. The molecule has 0 aromatic heterocycles. The van der Waals surface area contributed by atoms with Crippen LogP contribution < -0.4 is 10.4 Å². The lowest BCUT2D eigenvalue weighted by atomic mass is 9.59. The normalized spacial score (nSPS) is 23.7. The molecule has 0 saturated heterocycles. The molecular weight excluding hydrogens is 324 g/mol. The molecule has 0 spiro atoms. The Kier molecular flexibility index (Phi) is 3.89. The first-order valence-electron chi connectivity index (χ1n) is 10.1. The molecule has 27 heavy (non-hydrogen) atoms. The van der Waals surface area contributed by atoms with Crippen LogP contribution in [0.1, 0.15) is 52.2 Å². The van der Waals surface area contributed by atoms with Crippen LogP contribution in [0.4, 0.5) is 0 Å². The third-order valence-electron chi connectivity index (χ3n) is 7.44. The number of rotatable bonds is 2. The first-order chi connectivity index (χ1) is 12.8. The minimum Gasteiger partial charge on any atom is -0.0908 e. The maximum atomic E-state index is 4.51. The van der Waals surface area contributed by atoms with E-state index in [4.69, 9.17) is 0 Å². The fraction of sp³-hybridized carbons (Fsp3) is 0.333. The maximum absolute atomic E-state index is 4.51. The van der Waals surface area contributed by atoms with Crippen LogP contribution in [0.15, 0.2) is 53.1 Å². The minimum atomic E-state index is 0.0848. The van der Waals surface area contributed by atoms with Crippen LogP contribution in [0.2, 0.25) is 0 Å². The fourth-order valence-corrected chi connectivity index (χ4v) is 5.54. The van der Waals surface area contributed by atoms with Crippen molar-refractivity contribution in [2.45, 2.75) is 47.5 Å². The van der Waals surface area contributed by atoms with Crippen LogP contribution in [0.5, 0.6) is 0 Å². The lowest BCUT2D eigenvalue weighted by Gasteiger charge is -2.44. The first kappa shape index (κ1) is 18.0. The van der Waals surface area contributed by atoms with Gasteiger partial charge < -0.3 is 0 Å². The quantitative estimate of drug-likeness (QED) is 0.627. The van der Waals surface area contributed by atoms with Crippen molar-refractivity contribution in [3.8, 4) is 0 Å². The van der Waals surface area contributed by atoms with Gasteiger partial charge in [-0.15, -0.1) is 0 Å². The number of allylic oxidation sites excluding steroid dienone is 5. The van der Waals surface area contributed by atoms with E-state index in [0.29, 0.717) is 0 Å². The molecule has 1 unspecified atom stereocenters. The molecule has 2 aromatic rings. The van der Waals surface area contributed by atoms with Crippen molar-refractivity contribution in [1.82, 2.24) is 0 Å². The predicted molar refractivity (Wildman–Crippen MR) is 120 cm³/mol. The molecule has 0 amide bonds. The second kappa shape index (κ2) is 5.83. The Hall–Kier alpha value is -2.34. The van der Waals surface area contributed by atoms with Gasteiger partial charge in [-0.25, -0.2) is 0 Å². The molecule has 0 fully saturated rings. The van der Waals surface area contributed by atoms with Crippen molar-refractivity contribution < 1.29 is 0 Å². The van der Waals surface area contributed by atoms with Crippen molar-refractivity contribution in [3.05, 3.63) is 74.7 Å². The summed E-state index contributed by atoms with van der Waals surface area (Å²) < 4.78 is 0. The summed E-state index contributed by atoms with van der Waals surface area (Å²) in [5.41, 5.74) is 7.38. The van der Waals surface area contributed by atoms with Crippen LogP contribution in [0, 0.1) is 10.8 Å². The van der Waals surface area contributed by atoms with Crippen molar-refractivity contribution >= 4 is 30.0 Å². The van der Waals surface area contributed by atoms with Crippen LogP contribution in [-0.2, 0) is 6.42 Å². The third kappa shape index (κ3) is 2.16. The lowest BCUT2D eigenvalue weighted by Crippen LogP contribution is -2.40. The standard InChI is InChI=1S/C27H30/c1-8-12-21-24(9-2)26(5,6)27(7)16-23-18(4)20-14-11-10-13-19(20)17(3)22(23)15-25(21)27/h8,10-15H,3-4,9,16H2,1-2,5-7H3/b12-8-. The molecule has 0 saturated carbocycles. The van der Waals surface area contributed by atoms with Crippen LogP contribution >= 0.6 is 0 Å². The summed E-state index contributed by atoms with van der Waals surface area (Å²) in [4.78, 5) is 0.